The summed E-state index contributed by atoms with van der Waals surface area (Å²) in [6.07, 6.45) is -1.27. The van der Waals surface area contributed by atoms with Gasteiger partial charge in [-0.15, -0.1) is 0 Å². The number of carbonyl (C=O) groups excluding carboxylic acids is 1. The van der Waals surface area contributed by atoms with Crippen molar-refractivity contribution in [2.24, 2.45) is 0 Å². The average Bonchev–Trinajstić information content (AvgIpc) is 2.66. The van der Waals surface area contributed by atoms with Gasteiger partial charge in [-0.05, 0) is 18.2 Å². The standard InChI is InChI=1S/C11H9NO2S/c13-11(14)12-10-7-4-8-15(10)9-5-2-1-3-6-9/h1-8,12H. The molecule has 3 nitrogen and oxygen atoms in total. The fraction of sp³-hybridized carbons (Fsp3) is 0. The Kier molecular flexibility index (Phi) is 2.69. The zero-order valence-electron chi connectivity index (χ0n) is 7.84. The van der Waals surface area contributed by atoms with Gasteiger partial charge in [0.1, 0.15) is 11.5 Å². The normalized spacial score (nSPS) is 11.1. The molecule has 4 heteroatoms. The topological polar surface area (TPSA) is 52.2 Å². The van der Waals surface area contributed by atoms with Crippen molar-refractivity contribution in [3.05, 3.63) is 47.8 Å². The van der Waals surface area contributed by atoms with Crippen LogP contribution < -0.4 is 10.4 Å². The quantitative estimate of drug-likeness (QED) is 0.787. The summed E-state index contributed by atoms with van der Waals surface area (Å²) < 4.78 is 0. The van der Waals surface area contributed by atoms with E-state index in [1.54, 1.807) is 6.07 Å². The lowest BCUT2D eigenvalue weighted by Gasteiger charge is -2.00. The lowest BCUT2D eigenvalue weighted by molar-refractivity contribution is -0.242. The second-order valence-corrected chi connectivity index (χ2v) is 4.78. The molecular weight excluding hydrogens is 210 g/mol. The minimum absolute atomic E-state index is 0.300. The highest BCUT2D eigenvalue weighted by atomic mass is 32.2. The highest BCUT2D eigenvalue weighted by Gasteiger charge is 2.15. The Morgan fingerprint density at radius 1 is 1.13 bits per heavy atom. The molecule has 0 radical (unpaired) electrons. The minimum atomic E-state index is -1.27. The second-order valence-electron chi connectivity index (χ2n) is 2.92. The highest BCUT2D eigenvalue weighted by Crippen LogP contribution is 2.38. The maximum atomic E-state index is 10.4. The molecule has 0 bridgehead atoms. The molecule has 1 amide bonds. The summed E-state index contributed by atoms with van der Waals surface area (Å²) >= 11 is 0. The summed E-state index contributed by atoms with van der Waals surface area (Å²) in [7, 11) is -0.300. The SMILES string of the molecule is O=C([O-])Nc1ccc[s+]1-c1ccccc1. The van der Waals surface area contributed by atoms with Crippen LogP contribution in [-0.2, 0) is 0 Å². The van der Waals surface area contributed by atoms with E-state index in [2.05, 4.69) is 5.32 Å². The minimum Gasteiger partial charge on any atom is -0.530 e. The molecular formula is C11H9NO2S. The summed E-state index contributed by atoms with van der Waals surface area (Å²) in [4.78, 5) is 11.5. The molecule has 76 valence electrons. The van der Waals surface area contributed by atoms with E-state index < -0.39 is 6.09 Å². The number of hydrogen-bond acceptors (Lipinski definition) is 2. The van der Waals surface area contributed by atoms with Gasteiger partial charge >= 0.3 is 0 Å². The Hall–Kier alpha value is -1.81. The Bertz CT molecular complexity index is 464. The number of carbonyl (C=O) groups is 1. The van der Waals surface area contributed by atoms with Crippen molar-refractivity contribution >= 4 is 21.6 Å². The van der Waals surface area contributed by atoms with Crippen molar-refractivity contribution in [2.75, 3.05) is 5.32 Å². The smallest absolute Gasteiger partial charge is 0.251 e. The molecule has 1 atom stereocenters. The molecule has 1 heterocycles. The molecule has 0 aliphatic heterocycles. The van der Waals surface area contributed by atoms with Gasteiger partial charge in [0.25, 0.3) is 5.00 Å². The molecule has 1 unspecified atom stereocenters. The lowest BCUT2D eigenvalue weighted by Crippen LogP contribution is -2.28. The highest BCUT2D eigenvalue weighted by molar-refractivity contribution is 7.41. The van der Waals surface area contributed by atoms with Crippen molar-refractivity contribution in [2.45, 2.75) is 0 Å². The second kappa shape index (κ2) is 4.14. The van der Waals surface area contributed by atoms with Gasteiger partial charge in [0.2, 0.25) is 0 Å². The maximum absolute atomic E-state index is 10.4. The van der Waals surface area contributed by atoms with Gasteiger partial charge in [0, 0.05) is 16.5 Å². The zero-order valence-corrected chi connectivity index (χ0v) is 8.66. The predicted molar refractivity (Wildman–Crippen MR) is 59.3 cm³/mol. The Labute approximate surface area is 90.0 Å². The van der Waals surface area contributed by atoms with Gasteiger partial charge in [-0.2, -0.15) is 0 Å². The van der Waals surface area contributed by atoms with E-state index >= 15 is 0 Å². The van der Waals surface area contributed by atoms with E-state index in [1.165, 1.54) is 0 Å². The predicted octanol–water partition coefficient (Wildman–Crippen LogP) is 2.18. The summed E-state index contributed by atoms with van der Waals surface area (Å²) in [6, 6.07) is 13.4. The first-order chi connectivity index (χ1) is 7.27. The molecule has 0 saturated heterocycles. The van der Waals surface area contributed by atoms with Gasteiger partial charge < -0.3 is 9.90 Å². The van der Waals surface area contributed by atoms with E-state index in [9.17, 15) is 9.90 Å². The monoisotopic (exact) mass is 219 g/mol. The average molecular weight is 219 g/mol. The van der Waals surface area contributed by atoms with E-state index in [1.807, 2.05) is 41.8 Å². The van der Waals surface area contributed by atoms with E-state index in [0.29, 0.717) is 5.00 Å². The fourth-order valence-corrected chi connectivity index (χ4v) is 2.98. The molecule has 0 spiro atoms. The molecule has 0 saturated carbocycles. The van der Waals surface area contributed by atoms with Gasteiger partial charge in [0.05, 0.1) is 0 Å². The van der Waals surface area contributed by atoms with Crippen LogP contribution in [0.1, 0.15) is 0 Å². The number of thiophene rings is 1. The Balaban J connectivity index is 2.37. The van der Waals surface area contributed by atoms with Crippen LogP contribution in [-0.4, -0.2) is 6.09 Å². The molecule has 0 aliphatic carbocycles. The number of rotatable bonds is 2. The number of carboxylic acid groups (broad SMARTS) is 1. The van der Waals surface area contributed by atoms with E-state index in [4.69, 9.17) is 0 Å². The van der Waals surface area contributed by atoms with Crippen molar-refractivity contribution in [1.82, 2.24) is 0 Å². The maximum Gasteiger partial charge on any atom is 0.251 e. The molecule has 15 heavy (non-hydrogen) atoms. The number of amides is 1. The largest absolute Gasteiger partial charge is 0.530 e. The molecule has 0 fully saturated rings. The van der Waals surface area contributed by atoms with Crippen LogP contribution in [0.3, 0.4) is 0 Å². The Morgan fingerprint density at radius 3 is 2.53 bits per heavy atom. The van der Waals surface area contributed by atoms with Crippen LogP contribution in [0.15, 0.2) is 47.8 Å². The zero-order chi connectivity index (χ0) is 10.7. The molecule has 1 aromatic heterocycles. The third-order valence-electron chi connectivity index (χ3n) is 1.92. The van der Waals surface area contributed by atoms with Crippen LogP contribution in [0.5, 0.6) is 0 Å². The lowest BCUT2D eigenvalue weighted by atomic mass is 10.4. The van der Waals surface area contributed by atoms with E-state index in [0.717, 1.165) is 4.90 Å². The first-order valence-electron chi connectivity index (χ1n) is 4.42. The number of benzene rings is 1. The van der Waals surface area contributed by atoms with E-state index in [-0.39, 0.29) is 10.5 Å². The van der Waals surface area contributed by atoms with Crippen molar-refractivity contribution in [3.8, 4) is 4.90 Å². The van der Waals surface area contributed by atoms with Crippen molar-refractivity contribution in [1.29, 1.82) is 0 Å². The Morgan fingerprint density at radius 2 is 1.87 bits per heavy atom. The number of anilines is 1. The summed E-state index contributed by atoms with van der Waals surface area (Å²) in [5, 5.41) is 15.4. The number of hydrogen-bond donors (Lipinski definition) is 1. The molecule has 1 aromatic carbocycles. The molecule has 1 N–H and O–H groups in total. The number of nitrogens with one attached hydrogen (secondary N) is 1. The van der Waals surface area contributed by atoms with Crippen LogP contribution in [0.2, 0.25) is 0 Å². The van der Waals surface area contributed by atoms with Gasteiger partial charge in [0.15, 0.2) is 4.90 Å². The third kappa shape index (κ3) is 2.16. The summed E-state index contributed by atoms with van der Waals surface area (Å²) in [6.45, 7) is 0. The molecule has 2 rings (SSSR count). The summed E-state index contributed by atoms with van der Waals surface area (Å²) in [5.41, 5.74) is 0. The first kappa shape index (κ1) is 9.73. The van der Waals surface area contributed by atoms with Crippen LogP contribution >= 0.6 is 10.5 Å². The van der Waals surface area contributed by atoms with Crippen LogP contribution in [0.25, 0.3) is 4.90 Å². The first-order valence-corrected chi connectivity index (χ1v) is 5.71. The summed E-state index contributed by atoms with van der Waals surface area (Å²) in [5.74, 6) is 0. The van der Waals surface area contributed by atoms with Crippen molar-refractivity contribution in [3.63, 3.8) is 0 Å². The molecule has 0 aliphatic rings. The fourth-order valence-electron chi connectivity index (χ4n) is 1.32. The molecule has 2 aromatic rings. The van der Waals surface area contributed by atoms with Crippen LogP contribution in [0.4, 0.5) is 9.80 Å². The van der Waals surface area contributed by atoms with Crippen molar-refractivity contribution < 1.29 is 9.90 Å². The van der Waals surface area contributed by atoms with Gasteiger partial charge in [-0.1, -0.05) is 18.2 Å². The van der Waals surface area contributed by atoms with Crippen LogP contribution in [0, 0.1) is 0 Å². The van der Waals surface area contributed by atoms with Gasteiger partial charge in [-0.25, -0.2) is 0 Å². The van der Waals surface area contributed by atoms with Gasteiger partial charge in [-0.3, -0.25) is 5.32 Å². The third-order valence-corrected chi connectivity index (χ3v) is 3.84.